The van der Waals surface area contributed by atoms with Gasteiger partial charge in [-0.3, -0.25) is 0 Å². The zero-order chi connectivity index (χ0) is 12.8. The number of benzene rings is 1. The molecule has 0 spiro atoms. The summed E-state index contributed by atoms with van der Waals surface area (Å²) in [5, 5.41) is 1.28. The van der Waals surface area contributed by atoms with E-state index in [1.807, 2.05) is 0 Å². The maximum Gasteiger partial charge on any atom is 0.0486 e. The van der Waals surface area contributed by atoms with Gasteiger partial charge in [0.1, 0.15) is 0 Å². The molecule has 2 nitrogen and oxygen atoms in total. The molecule has 0 aliphatic heterocycles. The van der Waals surface area contributed by atoms with Crippen molar-refractivity contribution in [3.8, 4) is 0 Å². The van der Waals surface area contributed by atoms with Crippen LogP contribution in [0.25, 0.3) is 10.9 Å². The van der Waals surface area contributed by atoms with Crippen molar-refractivity contribution in [2.45, 2.75) is 46.2 Å². The van der Waals surface area contributed by atoms with Gasteiger partial charge in [0.05, 0.1) is 0 Å². The fourth-order valence-electron chi connectivity index (χ4n) is 2.31. The van der Waals surface area contributed by atoms with Gasteiger partial charge in [-0.05, 0) is 52.3 Å². The second-order valence-corrected chi connectivity index (χ2v) is 5.79. The normalized spacial score (nSPS) is 12.6. The molecule has 0 bridgehead atoms. The fourth-order valence-corrected chi connectivity index (χ4v) is 2.31. The summed E-state index contributed by atoms with van der Waals surface area (Å²) in [6, 6.07) is 7.04. The molecule has 0 saturated carbocycles. The summed E-state index contributed by atoms with van der Waals surface area (Å²) in [6.07, 6.45) is 2.20. The lowest BCUT2D eigenvalue weighted by Crippen LogP contribution is -2.28. The molecule has 0 unspecified atom stereocenters. The molecule has 2 rings (SSSR count). The zero-order valence-corrected chi connectivity index (χ0v) is 11.4. The summed E-state index contributed by atoms with van der Waals surface area (Å²) in [6.45, 7) is 10.7. The fraction of sp³-hybridized carbons (Fsp3) is 0.467. The van der Waals surface area contributed by atoms with Crippen molar-refractivity contribution in [3.05, 3.63) is 35.5 Å². The molecule has 0 atom stereocenters. The van der Waals surface area contributed by atoms with Gasteiger partial charge < -0.3 is 10.3 Å². The molecule has 0 saturated heterocycles. The van der Waals surface area contributed by atoms with E-state index in [0.717, 1.165) is 0 Å². The quantitative estimate of drug-likeness (QED) is 0.837. The van der Waals surface area contributed by atoms with Crippen LogP contribution in [-0.2, 0) is 5.54 Å². The Bertz CT molecular complexity index is 542. The lowest BCUT2D eigenvalue weighted by atomic mass is 9.95. The molecule has 0 fully saturated rings. The zero-order valence-electron chi connectivity index (χ0n) is 11.4. The third-order valence-corrected chi connectivity index (χ3v) is 3.24. The molecule has 0 radical (unpaired) electrons. The molecule has 0 aliphatic rings. The molecule has 1 heterocycles. The van der Waals surface area contributed by atoms with E-state index in [4.69, 9.17) is 5.73 Å². The number of fused-ring (bicyclic) bond motifs is 1. The maximum atomic E-state index is 6.27. The van der Waals surface area contributed by atoms with Crippen LogP contribution < -0.4 is 5.73 Å². The van der Waals surface area contributed by atoms with Crippen molar-refractivity contribution < 1.29 is 0 Å². The van der Waals surface area contributed by atoms with Gasteiger partial charge in [0.25, 0.3) is 0 Å². The van der Waals surface area contributed by atoms with E-state index >= 15 is 0 Å². The molecule has 1 aromatic carbocycles. The van der Waals surface area contributed by atoms with E-state index in [1.165, 1.54) is 22.0 Å². The van der Waals surface area contributed by atoms with Crippen LogP contribution in [0.15, 0.2) is 24.4 Å². The minimum Gasteiger partial charge on any atom is -0.345 e. The Labute approximate surface area is 103 Å². The van der Waals surface area contributed by atoms with E-state index in [2.05, 4.69) is 63.6 Å². The molecular formula is C15H22N2. The first kappa shape index (κ1) is 12.2. The average Bonchev–Trinajstić information content (AvgIpc) is 2.55. The van der Waals surface area contributed by atoms with Crippen LogP contribution in [0.5, 0.6) is 0 Å². The Hall–Kier alpha value is -1.28. The minimum absolute atomic E-state index is 0.299. The minimum atomic E-state index is -0.299. The standard InChI is InChI=1S/C15H22N2/c1-10(2)17-9-13(15(4,5)16)12-8-11(3)6-7-14(12)17/h6-10H,16H2,1-5H3. The predicted molar refractivity (Wildman–Crippen MR) is 74.3 cm³/mol. The van der Waals surface area contributed by atoms with E-state index in [9.17, 15) is 0 Å². The Balaban J connectivity index is 2.80. The molecule has 0 aliphatic carbocycles. The highest BCUT2D eigenvalue weighted by atomic mass is 15.0. The SMILES string of the molecule is Cc1ccc2c(c1)c(C(C)(C)N)cn2C(C)C. The lowest BCUT2D eigenvalue weighted by molar-refractivity contribution is 0.549. The monoisotopic (exact) mass is 230 g/mol. The summed E-state index contributed by atoms with van der Waals surface area (Å²) in [5.74, 6) is 0. The molecule has 2 N–H and O–H groups in total. The highest BCUT2D eigenvalue weighted by Gasteiger charge is 2.21. The van der Waals surface area contributed by atoms with Crippen LogP contribution in [0.4, 0.5) is 0 Å². The predicted octanol–water partition coefficient (Wildman–Crippen LogP) is 3.72. The van der Waals surface area contributed by atoms with Gasteiger partial charge in [0.2, 0.25) is 0 Å². The Morgan fingerprint density at radius 1 is 1.24 bits per heavy atom. The van der Waals surface area contributed by atoms with Crippen LogP contribution in [0.1, 0.15) is 44.9 Å². The second kappa shape index (κ2) is 3.88. The summed E-state index contributed by atoms with van der Waals surface area (Å²) >= 11 is 0. The molecule has 92 valence electrons. The molecular weight excluding hydrogens is 208 g/mol. The molecule has 2 aromatic rings. The first-order valence-electron chi connectivity index (χ1n) is 6.21. The Kier molecular flexibility index (Phi) is 2.78. The summed E-state index contributed by atoms with van der Waals surface area (Å²) in [5.41, 5.74) is 9.76. The molecule has 1 aromatic heterocycles. The topological polar surface area (TPSA) is 30.9 Å². The number of aromatic nitrogens is 1. The van der Waals surface area contributed by atoms with Crippen molar-refractivity contribution in [1.29, 1.82) is 0 Å². The van der Waals surface area contributed by atoms with Crippen LogP contribution >= 0.6 is 0 Å². The first-order valence-corrected chi connectivity index (χ1v) is 6.21. The van der Waals surface area contributed by atoms with E-state index in [-0.39, 0.29) is 5.54 Å². The number of aryl methyl sites for hydroxylation is 1. The van der Waals surface area contributed by atoms with Crippen molar-refractivity contribution in [1.82, 2.24) is 4.57 Å². The maximum absolute atomic E-state index is 6.27. The highest BCUT2D eigenvalue weighted by molar-refractivity contribution is 5.85. The van der Waals surface area contributed by atoms with Gasteiger partial charge in [-0.2, -0.15) is 0 Å². The van der Waals surface area contributed by atoms with Crippen LogP contribution in [0.2, 0.25) is 0 Å². The van der Waals surface area contributed by atoms with Crippen LogP contribution in [0, 0.1) is 6.92 Å². The molecule has 0 amide bonds. The van der Waals surface area contributed by atoms with Gasteiger partial charge >= 0.3 is 0 Å². The number of nitrogens with two attached hydrogens (primary N) is 1. The third-order valence-electron chi connectivity index (χ3n) is 3.24. The number of hydrogen-bond donors (Lipinski definition) is 1. The Morgan fingerprint density at radius 2 is 1.88 bits per heavy atom. The van der Waals surface area contributed by atoms with E-state index < -0.39 is 0 Å². The van der Waals surface area contributed by atoms with Gasteiger partial charge in [-0.25, -0.2) is 0 Å². The average molecular weight is 230 g/mol. The van der Waals surface area contributed by atoms with Crippen molar-refractivity contribution in [2.24, 2.45) is 5.73 Å². The van der Waals surface area contributed by atoms with Gasteiger partial charge in [0.15, 0.2) is 0 Å². The van der Waals surface area contributed by atoms with E-state index in [0.29, 0.717) is 6.04 Å². The largest absolute Gasteiger partial charge is 0.345 e. The highest BCUT2D eigenvalue weighted by Crippen LogP contribution is 2.31. The molecule has 17 heavy (non-hydrogen) atoms. The van der Waals surface area contributed by atoms with Gasteiger partial charge in [-0.15, -0.1) is 0 Å². The van der Waals surface area contributed by atoms with Crippen molar-refractivity contribution in [2.75, 3.05) is 0 Å². The summed E-state index contributed by atoms with van der Waals surface area (Å²) < 4.78 is 2.30. The number of nitrogens with zero attached hydrogens (tertiary/aromatic N) is 1. The molecule has 2 heteroatoms. The lowest BCUT2D eigenvalue weighted by Gasteiger charge is -2.17. The van der Waals surface area contributed by atoms with Crippen LogP contribution in [0.3, 0.4) is 0 Å². The van der Waals surface area contributed by atoms with Crippen LogP contribution in [-0.4, -0.2) is 4.57 Å². The van der Waals surface area contributed by atoms with Gasteiger partial charge in [-0.1, -0.05) is 11.6 Å². The Morgan fingerprint density at radius 3 is 2.41 bits per heavy atom. The first-order chi connectivity index (χ1) is 7.80. The van der Waals surface area contributed by atoms with E-state index in [1.54, 1.807) is 0 Å². The second-order valence-electron chi connectivity index (χ2n) is 5.79. The van der Waals surface area contributed by atoms with Gasteiger partial charge in [0, 0.05) is 28.7 Å². The number of rotatable bonds is 2. The summed E-state index contributed by atoms with van der Waals surface area (Å²) in [4.78, 5) is 0. The van der Waals surface area contributed by atoms with Crippen molar-refractivity contribution in [3.63, 3.8) is 0 Å². The summed E-state index contributed by atoms with van der Waals surface area (Å²) in [7, 11) is 0. The van der Waals surface area contributed by atoms with Crippen molar-refractivity contribution >= 4 is 10.9 Å². The third kappa shape index (κ3) is 2.09. The number of hydrogen-bond acceptors (Lipinski definition) is 1. The smallest absolute Gasteiger partial charge is 0.0486 e.